The molecule has 0 fully saturated rings. The topological polar surface area (TPSA) is 35.6 Å². The molecule has 0 aliphatic rings. The van der Waals surface area contributed by atoms with Crippen LogP contribution in [0.4, 0.5) is 0 Å². The van der Waals surface area contributed by atoms with Crippen LogP contribution in [0.2, 0.25) is 0 Å². The second kappa shape index (κ2) is 13.6. The van der Waals surface area contributed by atoms with Crippen molar-refractivity contribution in [3.8, 4) is 45.1 Å². The first kappa shape index (κ1) is 34.5. The maximum atomic E-state index is 5.69. The molecule has 3 aromatic heterocycles. The average Bonchev–Trinajstić information content (AvgIpc) is 3.85. The lowest BCUT2D eigenvalue weighted by molar-refractivity contribution is 1.01. The number of fused-ring (bicyclic) bond motifs is 9. The van der Waals surface area contributed by atoms with Gasteiger partial charge >= 0.3 is 0 Å². The summed E-state index contributed by atoms with van der Waals surface area (Å²) in [6.45, 7) is 0. The van der Waals surface area contributed by atoms with Crippen LogP contribution in [0.25, 0.3) is 121 Å². The van der Waals surface area contributed by atoms with Crippen molar-refractivity contribution in [2.45, 2.75) is 0 Å². The minimum atomic E-state index is 0.634. The Kier molecular flexibility index (Phi) is 7.57. The van der Waals surface area contributed by atoms with E-state index in [9.17, 15) is 0 Å². The van der Waals surface area contributed by atoms with E-state index in [0.717, 1.165) is 71.8 Å². The molecular formula is C58H36N4. The number of benzene rings is 10. The molecule has 3 heterocycles. The van der Waals surface area contributed by atoms with E-state index in [1.54, 1.807) is 0 Å². The highest BCUT2D eigenvalue weighted by atomic mass is 15.2. The van der Waals surface area contributed by atoms with E-state index in [1.165, 1.54) is 43.4 Å². The fraction of sp³-hybridized carbons (Fsp3) is 0. The lowest BCUT2D eigenvalue weighted by Gasteiger charge is -2.14. The maximum Gasteiger partial charge on any atom is 0.235 e. The molecule has 0 saturated heterocycles. The van der Waals surface area contributed by atoms with Gasteiger partial charge < -0.3 is 4.57 Å². The van der Waals surface area contributed by atoms with E-state index < -0.39 is 0 Å². The predicted molar refractivity (Wildman–Crippen MR) is 260 cm³/mol. The second-order valence-corrected chi connectivity index (χ2v) is 16.2. The van der Waals surface area contributed by atoms with Crippen molar-refractivity contribution < 1.29 is 0 Å². The summed E-state index contributed by atoms with van der Waals surface area (Å²) in [5.74, 6) is 0.634. The Morgan fingerprint density at radius 3 is 1.76 bits per heavy atom. The van der Waals surface area contributed by atoms with E-state index in [4.69, 9.17) is 9.97 Å². The van der Waals surface area contributed by atoms with Crippen LogP contribution >= 0.6 is 0 Å². The van der Waals surface area contributed by atoms with E-state index >= 15 is 0 Å². The minimum absolute atomic E-state index is 0.634. The summed E-state index contributed by atoms with van der Waals surface area (Å²) in [7, 11) is 0. The Hall–Kier alpha value is -8.34. The van der Waals surface area contributed by atoms with Crippen molar-refractivity contribution >= 4 is 76.1 Å². The molecule has 13 rings (SSSR count). The Morgan fingerprint density at radius 1 is 0.306 bits per heavy atom. The van der Waals surface area contributed by atoms with Crippen molar-refractivity contribution in [1.29, 1.82) is 0 Å². The quantitative estimate of drug-likeness (QED) is 0.174. The monoisotopic (exact) mass is 788 g/mol. The zero-order chi connectivity index (χ0) is 40.7. The van der Waals surface area contributed by atoms with Crippen LogP contribution in [-0.2, 0) is 0 Å². The number of aromatic nitrogens is 4. The van der Waals surface area contributed by atoms with Gasteiger partial charge in [-0.1, -0.05) is 152 Å². The van der Waals surface area contributed by atoms with Gasteiger partial charge in [0.15, 0.2) is 0 Å². The Labute approximate surface area is 357 Å². The van der Waals surface area contributed by atoms with Crippen molar-refractivity contribution in [3.05, 3.63) is 218 Å². The molecule has 0 N–H and O–H groups in total. The predicted octanol–water partition coefficient (Wildman–Crippen LogP) is 15.1. The van der Waals surface area contributed by atoms with E-state index in [2.05, 4.69) is 228 Å². The van der Waals surface area contributed by atoms with Crippen LogP contribution in [-0.4, -0.2) is 19.1 Å². The van der Waals surface area contributed by atoms with Crippen LogP contribution in [0.1, 0.15) is 0 Å². The third-order valence-corrected chi connectivity index (χ3v) is 12.7. The molecule has 0 aliphatic heterocycles. The zero-order valence-electron chi connectivity index (χ0n) is 33.6. The van der Waals surface area contributed by atoms with Gasteiger partial charge in [0.05, 0.1) is 33.3 Å². The van der Waals surface area contributed by atoms with Crippen LogP contribution in [0.3, 0.4) is 0 Å². The molecular weight excluding hydrogens is 753 g/mol. The lowest BCUT2D eigenvalue weighted by atomic mass is 9.98. The number of rotatable bonds is 5. The first-order chi connectivity index (χ1) is 30.7. The summed E-state index contributed by atoms with van der Waals surface area (Å²) in [6.07, 6.45) is 0. The fourth-order valence-corrected chi connectivity index (χ4v) is 9.77. The summed E-state index contributed by atoms with van der Waals surface area (Å²) < 4.78 is 4.66. The lowest BCUT2D eigenvalue weighted by Crippen LogP contribution is -2.04. The van der Waals surface area contributed by atoms with E-state index in [0.29, 0.717) is 5.95 Å². The molecule has 0 saturated carbocycles. The SMILES string of the molecule is c1ccc(-c2ccc3c(-c4cccc5c4c4ccccc4n5-c4ccccc4)nc(-n4c5ccc(-c6ccc7ccccc7c6)cc5c5cc6ccccc6cc54)nc3c2)cc1. The largest absolute Gasteiger partial charge is 0.309 e. The summed E-state index contributed by atoms with van der Waals surface area (Å²) in [6, 6.07) is 78.6. The van der Waals surface area contributed by atoms with E-state index in [1.807, 2.05) is 0 Å². The van der Waals surface area contributed by atoms with Gasteiger partial charge in [0.1, 0.15) is 0 Å². The number of hydrogen-bond donors (Lipinski definition) is 0. The third kappa shape index (κ3) is 5.33. The van der Waals surface area contributed by atoms with Crippen molar-refractivity contribution in [1.82, 2.24) is 19.1 Å². The molecule has 0 spiro atoms. The number of para-hydroxylation sites is 2. The standard InChI is InChI=1S/C58H36N4/c1-3-14-37(15-4-1)44-28-30-46-51(35-44)59-58(60-57(46)48-23-13-25-54-56(48)47-22-11-12-24-52(47)61(54)45-20-5-2-6-21-45)62-53-31-29-43(42-27-26-38-16-7-8-17-39(38)32-42)34-49(53)50-33-40-18-9-10-19-41(40)36-55(50)62/h1-36H. The maximum absolute atomic E-state index is 5.69. The second-order valence-electron chi connectivity index (χ2n) is 16.2. The van der Waals surface area contributed by atoms with Crippen LogP contribution in [0.5, 0.6) is 0 Å². The normalized spacial score (nSPS) is 11.9. The van der Waals surface area contributed by atoms with Crippen molar-refractivity contribution in [2.24, 2.45) is 0 Å². The molecule has 13 aromatic rings. The molecule has 10 aromatic carbocycles. The van der Waals surface area contributed by atoms with Crippen LogP contribution in [0.15, 0.2) is 218 Å². The molecule has 0 unspecified atom stereocenters. The first-order valence-corrected chi connectivity index (χ1v) is 21.2. The van der Waals surface area contributed by atoms with Gasteiger partial charge in [-0.2, -0.15) is 0 Å². The van der Waals surface area contributed by atoms with Gasteiger partial charge in [0, 0.05) is 38.2 Å². The number of nitrogens with zero attached hydrogens (tertiary/aromatic N) is 4. The van der Waals surface area contributed by atoms with Crippen LogP contribution < -0.4 is 0 Å². The van der Waals surface area contributed by atoms with Gasteiger partial charge in [-0.05, 0) is 111 Å². The Morgan fingerprint density at radius 2 is 0.919 bits per heavy atom. The minimum Gasteiger partial charge on any atom is -0.309 e. The first-order valence-electron chi connectivity index (χ1n) is 21.2. The molecule has 0 radical (unpaired) electrons. The van der Waals surface area contributed by atoms with Crippen molar-refractivity contribution in [2.75, 3.05) is 0 Å². The highest BCUT2D eigenvalue weighted by Crippen LogP contribution is 2.42. The average molecular weight is 789 g/mol. The molecule has 62 heavy (non-hydrogen) atoms. The highest BCUT2D eigenvalue weighted by molar-refractivity contribution is 6.18. The van der Waals surface area contributed by atoms with E-state index in [-0.39, 0.29) is 0 Å². The molecule has 4 nitrogen and oxygen atoms in total. The van der Waals surface area contributed by atoms with Gasteiger partial charge in [-0.25, -0.2) is 9.97 Å². The molecule has 288 valence electrons. The summed E-state index contributed by atoms with van der Waals surface area (Å²) >= 11 is 0. The van der Waals surface area contributed by atoms with Crippen LogP contribution in [0, 0.1) is 0 Å². The smallest absolute Gasteiger partial charge is 0.235 e. The summed E-state index contributed by atoms with van der Waals surface area (Å²) in [4.78, 5) is 11.2. The third-order valence-electron chi connectivity index (χ3n) is 12.7. The Balaban J connectivity index is 1.12. The fourth-order valence-electron chi connectivity index (χ4n) is 9.77. The zero-order valence-corrected chi connectivity index (χ0v) is 33.6. The molecule has 0 aliphatic carbocycles. The van der Waals surface area contributed by atoms with Gasteiger partial charge in [-0.3, -0.25) is 4.57 Å². The van der Waals surface area contributed by atoms with Gasteiger partial charge in [0.25, 0.3) is 0 Å². The molecule has 4 heteroatoms. The highest BCUT2D eigenvalue weighted by Gasteiger charge is 2.22. The molecule has 0 amide bonds. The van der Waals surface area contributed by atoms with Gasteiger partial charge in [-0.15, -0.1) is 0 Å². The molecule has 0 bridgehead atoms. The molecule has 0 atom stereocenters. The Bertz CT molecular complexity index is 3920. The summed E-state index contributed by atoms with van der Waals surface area (Å²) in [5, 5.41) is 10.5. The number of hydrogen-bond acceptors (Lipinski definition) is 2. The van der Waals surface area contributed by atoms with Crippen molar-refractivity contribution in [3.63, 3.8) is 0 Å². The van der Waals surface area contributed by atoms with Gasteiger partial charge in [0.2, 0.25) is 5.95 Å². The summed E-state index contributed by atoms with van der Waals surface area (Å²) in [5.41, 5.74) is 13.0.